The van der Waals surface area contributed by atoms with Gasteiger partial charge in [-0.15, -0.1) is 4.91 Å². The minimum absolute atomic E-state index is 0.0710. The van der Waals surface area contributed by atoms with Gasteiger partial charge in [0.1, 0.15) is 5.75 Å². The van der Waals surface area contributed by atoms with Crippen LogP contribution in [0.1, 0.15) is 24.8 Å². The average molecular weight is 291 g/mol. The van der Waals surface area contributed by atoms with E-state index < -0.39 is 17.5 Å². The molecule has 20 heavy (non-hydrogen) atoms. The standard InChI is InChI=1S/C13H11N3O3S/c1-20-13-14-6-5-10(15-13)11(16-19)12(18)8-3-2-4-9(17)7-8/h2-7,11,17H,1H3/i5D,11D. The van der Waals surface area contributed by atoms with Crippen molar-refractivity contribution in [2.75, 3.05) is 6.26 Å². The minimum Gasteiger partial charge on any atom is -0.508 e. The molecule has 2 rings (SSSR count). The van der Waals surface area contributed by atoms with Crippen LogP contribution < -0.4 is 0 Å². The highest BCUT2D eigenvalue weighted by Crippen LogP contribution is 2.23. The van der Waals surface area contributed by atoms with Crippen molar-refractivity contribution in [1.82, 2.24) is 9.97 Å². The molecule has 2 aromatic rings. The molecule has 1 aromatic heterocycles. The van der Waals surface area contributed by atoms with Gasteiger partial charge in [0, 0.05) is 11.8 Å². The number of phenols is 1. The molecule has 1 atom stereocenters. The van der Waals surface area contributed by atoms with Crippen LogP contribution in [0.4, 0.5) is 0 Å². The Morgan fingerprint density at radius 2 is 2.40 bits per heavy atom. The fourth-order valence-electron chi connectivity index (χ4n) is 1.50. The van der Waals surface area contributed by atoms with E-state index >= 15 is 0 Å². The molecule has 102 valence electrons. The fraction of sp³-hybridized carbons (Fsp3) is 0.154. The number of Topliss-reactive ketones (excluding diaryl/α,β-unsaturated/α-hetero) is 1. The number of nitrogens with zero attached hydrogens (tertiary/aromatic N) is 3. The molecule has 7 heteroatoms. The molecule has 1 N–H and O–H groups in total. The zero-order valence-electron chi connectivity index (χ0n) is 12.4. The summed E-state index contributed by atoms with van der Waals surface area (Å²) < 4.78 is 15.9. The Morgan fingerprint density at radius 3 is 3.05 bits per heavy atom. The van der Waals surface area contributed by atoms with Gasteiger partial charge in [0.25, 0.3) is 0 Å². The molecule has 0 amide bonds. The summed E-state index contributed by atoms with van der Waals surface area (Å²) >= 11 is 1.14. The van der Waals surface area contributed by atoms with E-state index in [2.05, 4.69) is 15.1 Å². The third-order valence-electron chi connectivity index (χ3n) is 2.41. The van der Waals surface area contributed by atoms with Crippen molar-refractivity contribution in [3.05, 3.63) is 52.7 Å². The van der Waals surface area contributed by atoms with Crippen molar-refractivity contribution in [3.63, 3.8) is 0 Å². The zero-order chi connectivity index (χ0) is 16.3. The van der Waals surface area contributed by atoms with Crippen molar-refractivity contribution in [2.45, 2.75) is 11.2 Å². The number of carbonyl (C=O) groups is 1. The van der Waals surface area contributed by atoms with E-state index in [4.69, 9.17) is 2.74 Å². The number of ketones is 1. The van der Waals surface area contributed by atoms with Crippen LogP contribution in [0.15, 0.2) is 46.8 Å². The topological polar surface area (TPSA) is 92.5 Å². The molecule has 0 saturated carbocycles. The second-order valence-corrected chi connectivity index (χ2v) is 4.44. The molecular formula is C13H11N3O3S. The normalized spacial score (nSPS) is 14.8. The van der Waals surface area contributed by atoms with E-state index in [-0.39, 0.29) is 22.5 Å². The van der Waals surface area contributed by atoms with E-state index in [1.165, 1.54) is 18.2 Å². The third kappa shape index (κ3) is 3.00. The Kier molecular flexibility index (Phi) is 3.60. The molecule has 0 spiro atoms. The lowest BCUT2D eigenvalue weighted by Gasteiger charge is -2.08. The molecule has 0 bridgehead atoms. The summed E-state index contributed by atoms with van der Waals surface area (Å²) in [4.78, 5) is 31.4. The van der Waals surface area contributed by atoms with Gasteiger partial charge in [-0.05, 0) is 24.4 Å². The van der Waals surface area contributed by atoms with Crippen molar-refractivity contribution in [1.29, 1.82) is 0 Å². The quantitative estimate of drug-likeness (QED) is 0.394. The van der Waals surface area contributed by atoms with Crippen molar-refractivity contribution >= 4 is 17.5 Å². The van der Waals surface area contributed by atoms with E-state index in [1.807, 2.05) is 0 Å². The molecule has 1 aromatic carbocycles. The number of hydrogen-bond donors (Lipinski definition) is 1. The molecule has 1 unspecified atom stereocenters. The van der Waals surface area contributed by atoms with Crippen LogP contribution >= 0.6 is 11.8 Å². The summed E-state index contributed by atoms with van der Waals surface area (Å²) in [6, 6.07) is 2.28. The van der Waals surface area contributed by atoms with Gasteiger partial charge < -0.3 is 5.11 Å². The van der Waals surface area contributed by atoms with Gasteiger partial charge in [-0.25, -0.2) is 9.97 Å². The summed E-state index contributed by atoms with van der Waals surface area (Å²) in [5, 5.41) is 12.2. The first-order valence-corrected chi connectivity index (χ1v) is 6.71. The summed E-state index contributed by atoms with van der Waals surface area (Å²) in [5.41, 5.74) is -0.464. The maximum absolute atomic E-state index is 12.5. The number of thioether (sulfide) groups is 1. The van der Waals surface area contributed by atoms with Gasteiger partial charge in [0.05, 0.1) is 8.44 Å². The summed E-state index contributed by atoms with van der Waals surface area (Å²) in [6.07, 6.45) is 2.79. The van der Waals surface area contributed by atoms with E-state index in [1.54, 1.807) is 6.26 Å². The first-order chi connectivity index (χ1) is 10.4. The molecule has 0 saturated heterocycles. The largest absolute Gasteiger partial charge is 0.508 e. The van der Waals surface area contributed by atoms with E-state index in [0.29, 0.717) is 0 Å². The van der Waals surface area contributed by atoms with Gasteiger partial charge in [0.15, 0.2) is 17.0 Å². The Balaban J connectivity index is 2.57. The Labute approximate surface area is 122 Å². The molecule has 0 fully saturated rings. The van der Waals surface area contributed by atoms with Crippen LogP contribution in [0.5, 0.6) is 5.75 Å². The van der Waals surface area contributed by atoms with Crippen molar-refractivity contribution in [2.24, 2.45) is 5.18 Å². The third-order valence-corrected chi connectivity index (χ3v) is 2.97. The summed E-state index contributed by atoms with van der Waals surface area (Å²) in [7, 11) is 0. The number of carbonyl (C=O) groups excluding carboxylic acids is 1. The van der Waals surface area contributed by atoms with Gasteiger partial charge in [-0.1, -0.05) is 29.1 Å². The molecule has 0 aliphatic rings. The fourth-order valence-corrected chi connectivity index (χ4v) is 1.84. The van der Waals surface area contributed by atoms with Gasteiger partial charge in [0.2, 0.25) is 0 Å². The van der Waals surface area contributed by atoms with Crippen molar-refractivity contribution in [3.8, 4) is 5.75 Å². The second kappa shape index (κ2) is 6.25. The molecule has 6 nitrogen and oxygen atoms in total. The zero-order valence-corrected chi connectivity index (χ0v) is 11.2. The molecule has 0 aliphatic heterocycles. The number of phenolic OH excluding ortho intramolecular Hbond substituents is 1. The Morgan fingerprint density at radius 1 is 1.60 bits per heavy atom. The summed E-state index contributed by atoms with van der Waals surface area (Å²) in [5.74, 6) is -1.16. The highest BCUT2D eigenvalue weighted by Gasteiger charge is 2.25. The number of benzene rings is 1. The molecule has 0 radical (unpaired) electrons. The van der Waals surface area contributed by atoms with Gasteiger partial charge in [-0.2, -0.15) is 0 Å². The van der Waals surface area contributed by atoms with Crippen LogP contribution in [0, 0.1) is 4.91 Å². The minimum atomic E-state index is -2.61. The van der Waals surface area contributed by atoms with Crippen molar-refractivity contribution < 1.29 is 12.6 Å². The first kappa shape index (κ1) is 11.5. The maximum Gasteiger partial charge on any atom is 0.197 e. The highest BCUT2D eigenvalue weighted by molar-refractivity contribution is 7.98. The number of rotatable bonds is 5. The first-order valence-electron chi connectivity index (χ1n) is 6.49. The number of aromatic hydroxyl groups is 1. The van der Waals surface area contributed by atoms with Gasteiger partial charge >= 0.3 is 0 Å². The lowest BCUT2D eigenvalue weighted by molar-refractivity contribution is 0.0959. The van der Waals surface area contributed by atoms with Gasteiger partial charge in [-0.3, -0.25) is 4.79 Å². The lowest BCUT2D eigenvalue weighted by atomic mass is 10.0. The molecular weight excluding hydrogens is 278 g/mol. The van der Waals surface area contributed by atoms with E-state index in [0.717, 1.165) is 24.0 Å². The van der Waals surface area contributed by atoms with Crippen LogP contribution in [-0.4, -0.2) is 27.1 Å². The molecule has 0 aliphatic carbocycles. The maximum atomic E-state index is 12.5. The van der Waals surface area contributed by atoms with E-state index in [9.17, 15) is 14.8 Å². The second-order valence-electron chi connectivity index (χ2n) is 3.67. The average Bonchev–Trinajstić information content (AvgIpc) is 2.54. The predicted octanol–water partition coefficient (Wildman–Crippen LogP) is 2.59. The Bertz CT molecular complexity index is 744. The van der Waals surface area contributed by atoms with Crippen LogP contribution in [0.3, 0.4) is 0 Å². The number of nitroso groups, excluding NO2 is 1. The summed E-state index contributed by atoms with van der Waals surface area (Å²) in [6.45, 7) is 0. The number of aromatic nitrogens is 2. The lowest BCUT2D eigenvalue weighted by Crippen LogP contribution is -2.12. The Hall–Kier alpha value is -2.28. The SMILES string of the molecule is [2H]c1cnc(SC)nc1C([2H])(N=O)C(=O)c1cccc(O)c1. The highest BCUT2D eigenvalue weighted by atomic mass is 32.2. The smallest absolute Gasteiger partial charge is 0.197 e. The number of hydrogen-bond acceptors (Lipinski definition) is 7. The monoisotopic (exact) mass is 291 g/mol. The van der Waals surface area contributed by atoms with Crippen LogP contribution in [0.2, 0.25) is 0 Å². The molecule has 1 heterocycles. The van der Waals surface area contributed by atoms with Crippen LogP contribution in [-0.2, 0) is 0 Å². The predicted molar refractivity (Wildman–Crippen MR) is 74.8 cm³/mol. The van der Waals surface area contributed by atoms with Crippen LogP contribution in [0.25, 0.3) is 0 Å².